The van der Waals surface area contributed by atoms with Crippen molar-refractivity contribution in [3.8, 4) is 0 Å². The summed E-state index contributed by atoms with van der Waals surface area (Å²) in [6, 6.07) is 3.77. The number of rotatable bonds is 6. The molecule has 0 fully saturated rings. The zero-order valence-corrected chi connectivity index (χ0v) is 11.2. The van der Waals surface area contributed by atoms with Gasteiger partial charge in [-0.1, -0.05) is 24.9 Å². The number of nitro benzene ring substituents is 1. The number of hydrogen-bond donors (Lipinski definition) is 2. The first-order chi connectivity index (χ1) is 8.95. The summed E-state index contributed by atoms with van der Waals surface area (Å²) in [6.45, 7) is 1.96. The minimum atomic E-state index is -0.660. The molecule has 104 valence electrons. The molecule has 1 unspecified atom stereocenters. The highest BCUT2D eigenvalue weighted by Gasteiger charge is 2.20. The highest BCUT2D eigenvalue weighted by molar-refractivity contribution is 6.31. The van der Waals surface area contributed by atoms with E-state index in [1.54, 1.807) is 0 Å². The predicted molar refractivity (Wildman–Crippen MR) is 71.4 cm³/mol. The second-order valence-electron chi connectivity index (χ2n) is 4.07. The third-order valence-corrected chi connectivity index (χ3v) is 2.76. The number of carbonyl (C=O) groups excluding carboxylic acids is 1. The minimum Gasteiger partial charge on any atom is -0.391 e. The molecule has 1 aromatic rings. The van der Waals surface area contributed by atoms with Crippen LogP contribution in [0.1, 0.15) is 30.1 Å². The molecule has 1 rings (SSSR count). The summed E-state index contributed by atoms with van der Waals surface area (Å²) in [6.07, 6.45) is 0.680. The molecule has 0 aromatic heterocycles. The van der Waals surface area contributed by atoms with Gasteiger partial charge in [-0.25, -0.2) is 0 Å². The lowest BCUT2D eigenvalue weighted by atomic mass is 10.1. The molecule has 6 nitrogen and oxygen atoms in total. The van der Waals surface area contributed by atoms with E-state index in [9.17, 15) is 20.0 Å². The Hall–Kier alpha value is -1.66. The molecule has 0 aliphatic heterocycles. The average molecular weight is 287 g/mol. The van der Waals surface area contributed by atoms with Crippen molar-refractivity contribution in [3.05, 3.63) is 38.9 Å². The summed E-state index contributed by atoms with van der Waals surface area (Å²) in [7, 11) is 0. The van der Waals surface area contributed by atoms with Crippen molar-refractivity contribution in [2.45, 2.75) is 25.9 Å². The summed E-state index contributed by atoms with van der Waals surface area (Å²) >= 11 is 5.73. The van der Waals surface area contributed by atoms with Crippen LogP contribution < -0.4 is 5.32 Å². The topological polar surface area (TPSA) is 92.5 Å². The molecule has 1 atom stereocenters. The molecule has 0 saturated carbocycles. The van der Waals surface area contributed by atoms with Gasteiger partial charge in [0.15, 0.2) is 0 Å². The fourth-order valence-corrected chi connectivity index (χ4v) is 1.76. The molecule has 19 heavy (non-hydrogen) atoms. The molecule has 1 amide bonds. The molecular weight excluding hydrogens is 272 g/mol. The van der Waals surface area contributed by atoms with Gasteiger partial charge in [0.25, 0.3) is 11.6 Å². The normalized spacial score (nSPS) is 11.9. The summed E-state index contributed by atoms with van der Waals surface area (Å²) in [5.41, 5.74) is -0.423. The van der Waals surface area contributed by atoms with Gasteiger partial charge < -0.3 is 10.4 Å². The third kappa shape index (κ3) is 4.50. The number of carbonyl (C=O) groups is 1. The van der Waals surface area contributed by atoms with Crippen molar-refractivity contribution >= 4 is 23.2 Å². The van der Waals surface area contributed by atoms with Gasteiger partial charge >= 0.3 is 0 Å². The highest BCUT2D eigenvalue weighted by atomic mass is 35.5. The second-order valence-corrected chi connectivity index (χ2v) is 4.51. The molecular formula is C12H15ClN2O4. The summed E-state index contributed by atoms with van der Waals surface area (Å²) < 4.78 is 0. The van der Waals surface area contributed by atoms with Crippen molar-refractivity contribution < 1.29 is 14.8 Å². The lowest BCUT2D eigenvalue weighted by molar-refractivity contribution is -0.385. The summed E-state index contributed by atoms with van der Waals surface area (Å²) in [4.78, 5) is 22.0. The molecule has 2 N–H and O–H groups in total. The first-order valence-corrected chi connectivity index (χ1v) is 6.23. The van der Waals surface area contributed by atoms with Crippen LogP contribution in [0.5, 0.6) is 0 Å². The van der Waals surface area contributed by atoms with Gasteiger partial charge in [-0.05, 0) is 18.6 Å². The summed E-state index contributed by atoms with van der Waals surface area (Å²) in [5.74, 6) is -0.621. The number of hydrogen-bond acceptors (Lipinski definition) is 4. The fraction of sp³-hybridized carbons (Fsp3) is 0.417. The zero-order valence-electron chi connectivity index (χ0n) is 10.4. The van der Waals surface area contributed by atoms with E-state index >= 15 is 0 Å². The maximum atomic E-state index is 11.8. The van der Waals surface area contributed by atoms with E-state index in [1.165, 1.54) is 18.2 Å². The smallest absolute Gasteiger partial charge is 0.282 e. The Morgan fingerprint density at radius 2 is 2.26 bits per heavy atom. The molecule has 0 aliphatic carbocycles. The molecule has 0 saturated heterocycles. The number of aliphatic hydroxyl groups excluding tert-OH is 1. The van der Waals surface area contributed by atoms with Crippen LogP contribution in [0.2, 0.25) is 5.02 Å². The standard InChI is InChI=1S/C12H15ClN2O4/c1-2-3-9(16)7-14-12(17)10-6-8(13)4-5-11(10)15(18)19/h4-6,9,16H,2-3,7H2,1H3,(H,14,17). The van der Waals surface area contributed by atoms with Crippen LogP contribution in [0.3, 0.4) is 0 Å². The van der Waals surface area contributed by atoms with E-state index in [0.29, 0.717) is 6.42 Å². The van der Waals surface area contributed by atoms with Crippen LogP contribution in [0.4, 0.5) is 5.69 Å². The average Bonchev–Trinajstić information content (AvgIpc) is 2.35. The maximum Gasteiger partial charge on any atom is 0.282 e. The predicted octanol–water partition coefficient (Wildman–Crippen LogP) is 2.14. The van der Waals surface area contributed by atoms with Crippen molar-refractivity contribution in [2.24, 2.45) is 0 Å². The van der Waals surface area contributed by atoms with Gasteiger partial charge in [-0.2, -0.15) is 0 Å². The number of nitrogens with zero attached hydrogens (tertiary/aromatic N) is 1. The molecule has 0 radical (unpaired) electrons. The lowest BCUT2D eigenvalue weighted by Crippen LogP contribution is -2.32. The van der Waals surface area contributed by atoms with Gasteiger partial charge in [0, 0.05) is 17.6 Å². The van der Waals surface area contributed by atoms with Crippen molar-refractivity contribution in [3.63, 3.8) is 0 Å². The van der Waals surface area contributed by atoms with E-state index in [2.05, 4.69) is 5.32 Å². The molecule has 0 aliphatic rings. The van der Waals surface area contributed by atoms with Gasteiger partial charge in [0.1, 0.15) is 5.56 Å². The monoisotopic (exact) mass is 286 g/mol. The van der Waals surface area contributed by atoms with E-state index in [-0.39, 0.29) is 22.8 Å². The van der Waals surface area contributed by atoms with E-state index in [1.807, 2.05) is 6.92 Å². The number of amides is 1. The summed E-state index contributed by atoms with van der Waals surface area (Å²) in [5, 5.41) is 23.0. The molecule has 0 spiro atoms. The van der Waals surface area contributed by atoms with Crippen LogP contribution in [0, 0.1) is 10.1 Å². The van der Waals surface area contributed by atoms with Crippen molar-refractivity contribution in [1.29, 1.82) is 0 Å². The Morgan fingerprint density at radius 3 is 2.84 bits per heavy atom. The second kappa shape index (κ2) is 7.06. The number of nitrogens with one attached hydrogen (secondary N) is 1. The van der Waals surface area contributed by atoms with Crippen LogP contribution in [-0.2, 0) is 0 Å². The molecule has 0 heterocycles. The number of benzene rings is 1. The first-order valence-electron chi connectivity index (χ1n) is 5.86. The SMILES string of the molecule is CCCC(O)CNC(=O)c1cc(Cl)ccc1[N+](=O)[O-]. The van der Waals surface area contributed by atoms with Crippen molar-refractivity contribution in [1.82, 2.24) is 5.32 Å². The molecule has 1 aromatic carbocycles. The van der Waals surface area contributed by atoms with E-state index < -0.39 is 16.9 Å². The Kier molecular flexibility index (Phi) is 5.72. The zero-order chi connectivity index (χ0) is 14.4. The number of aliphatic hydroxyl groups is 1. The number of nitro groups is 1. The Bertz CT molecular complexity index is 479. The van der Waals surface area contributed by atoms with Crippen LogP contribution >= 0.6 is 11.6 Å². The maximum absolute atomic E-state index is 11.8. The van der Waals surface area contributed by atoms with Gasteiger partial charge in [-0.3, -0.25) is 14.9 Å². The van der Waals surface area contributed by atoms with Gasteiger partial charge in [0.05, 0.1) is 11.0 Å². The van der Waals surface area contributed by atoms with Crippen LogP contribution in [-0.4, -0.2) is 28.6 Å². The lowest BCUT2D eigenvalue weighted by Gasteiger charge is -2.10. The molecule has 7 heteroatoms. The Labute approximate surface area is 115 Å². The van der Waals surface area contributed by atoms with Crippen LogP contribution in [0.25, 0.3) is 0 Å². The van der Waals surface area contributed by atoms with Gasteiger partial charge in [0.2, 0.25) is 0 Å². The largest absolute Gasteiger partial charge is 0.391 e. The third-order valence-electron chi connectivity index (χ3n) is 2.52. The van der Waals surface area contributed by atoms with E-state index in [0.717, 1.165) is 6.42 Å². The number of halogens is 1. The van der Waals surface area contributed by atoms with Crippen molar-refractivity contribution in [2.75, 3.05) is 6.54 Å². The quantitative estimate of drug-likeness (QED) is 0.619. The first kappa shape index (κ1) is 15.4. The molecule has 0 bridgehead atoms. The van der Waals surface area contributed by atoms with Crippen LogP contribution in [0.15, 0.2) is 18.2 Å². The minimum absolute atomic E-state index is 0.0519. The Balaban J connectivity index is 2.81. The fourth-order valence-electron chi connectivity index (χ4n) is 1.59. The van der Waals surface area contributed by atoms with Gasteiger partial charge in [-0.15, -0.1) is 0 Å². The highest BCUT2D eigenvalue weighted by Crippen LogP contribution is 2.22. The van der Waals surface area contributed by atoms with E-state index in [4.69, 9.17) is 11.6 Å². The Morgan fingerprint density at radius 1 is 1.58 bits per heavy atom.